The molecule has 3 heterocycles. The SMILES string of the molecule is COc1ncc(-c2nc(CC(=O)C3(c4ccc5c(c4)OC(F)(F)O5)CC3)ccc2C)cn1. The van der Waals surface area contributed by atoms with Crippen LogP contribution in [-0.2, 0) is 16.6 Å². The fourth-order valence-corrected chi connectivity index (χ4v) is 3.94. The highest BCUT2D eigenvalue weighted by atomic mass is 19.3. The molecule has 7 nitrogen and oxygen atoms in total. The van der Waals surface area contributed by atoms with Crippen molar-refractivity contribution in [2.75, 3.05) is 7.11 Å². The van der Waals surface area contributed by atoms with Crippen LogP contribution in [0, 0.1) is 6.92 Å². The van der Waals surface area contributed by atoms with Crippen molar-refractivity contribution in [3.63, 3.8) is 0 Å². The van der Waals surface area contributed by atoms with Crippen molar-refractivity contribution in [2.45, 2.75) is 37.9 Å². The second kappa shape index (κ2) is 7.22. The largest absolute Gasteiger partial charge is 0.586 e. The van der Waals surface area contributed by atoms with Crippen LogP contribution in [0.2, 0.25) is 0 Å². The molecule has 164 valence electrons. The number of hydrogen-bond acceptors (Lipinski definition) is 7. The molecule has 1 fully saturated rings. The summed E-state index contributed by atoms with van der Waals surface area (Å²) in [5, 5.41) is 0. The number of pyridine rings is 1. The van der Waals surface area contributed by atoms with Crippen LogP contribution in [0.15, 0.2) is 42.7 Å². The first-order valence-corrected chi connectivity index (χ1v) is 10.1. The number of benzene rings is 1. The summed E-state index contributed by atoms with van der Waals surface area (Å²) in [4.78, 5) is 26.1. The smallest absolute Gasteiger partial charge is 0.467 e. The Morgan fingerprint density at radius 1 is 1.09 bits per heavy atom. The van der Waals surface area contributed by atoms with Crippen LogP contribution in [0.25, 0.3) is 11.3 Å². The molecule has 5 rings (SSSR count). The molecule has 3 aromatic rings. The number of hydrogen-bond donors (Lipinski definition) is 0. The van der Waals surface area contributed by atoms with Gasteiger partial charge in [-0.2, -0.15) is 0 Å². The number of rotatable bonds is 6. The Kier molecular flexibility index (Phi) is 4.58. The number of carbonyl (C=O) groups is 1. The van der Waals surface area contributed by atoms with Gasteiger partial charge in [-0.25, -0.2) is 9.97 Å². The lowest BCUT2D eigenvalue weighted by Crippen LogP contribution is -2.26. The molecule has 0 spiro atoms. The number of alkyl halides is 2. The van der Waals surface area contributed by atoms with Crippen molar-refractivity contribution in [3.8, 4) is 28.8 Å². The monoisotopic (exact) mass is 439 g/mol. The second-order valence-electron chi connectivity index (χ2n) is 7.94. The maximum atomic E-state index is 13.3. The normalized spacial score (nSPS) is 17.1. The van der Waals surface area contributed by atoms with Crippen LogP contribution in [0.3, 0.4) is 0 Å². The van der Waals surface area contributed by atoms with E-state index in [0.717, 1.165) is 11.1 Å². The zero-order valence-corrected chi connectivity index (χ0v) is 17.4. The molecule has 1 saturated carbocycles. The van der Waals surface area contributed by atoms with Crippen molar-refractivity contribution < 1.29 is 27.8 Å². The van der Waals surface area contributed by atoms with Crippen LogP contribution in [0.1, 0.15) is 29.7 Å². The Labute approximate surface area is 182 Å². The molecule has 0 unspecified atom stereocenters. The molecular weight excluding hydrogens is 420 g/mol. The molecule has 2 aromatic heterocycles. The Balaban J connectivity index is 1.38. The quantitative estimate of drug-likeness (QED) is 0.574. The highest BCUT2D eigenvalue weighted by molar-refractivity contribution is 5.94. The molecule has 0 bridgehead atoms. The highest BCUT2D eigenvalue weighted by Gasteiger charge is 2.52. The third kappa shape index (κ3) is 3.53. The minimum atomic E-state index is -3.69. The van der Waals surface area contributed by atoms with Crippen LogP contribution in [-0.4, -0.2) is 34.1 Å². The first kappa shape index (κ1) is 20.3. The number of methoxy groups -OCH3 is 1. The average Bonchev–Trinajstić information content (AvgIpc) is 3.52. The van der Waals surface area contributed by atoms with Crippen LogP contribution >= 0.6 is 0 Å². The summed E-state index contributed by atoms with van der Waals surface area (Å²) in [6.45, 7) is 1.92. The third-order valence-corrected chi connectivity index (χ3v) is 5.82. The highest BCUT2D eigenvalue weighted by Crippen LogP contribution is 2.52. The van der Waals surface area contributed by atoms with Gasteiger partial charge in [0, 0.05) is 30.1 Å². The average molecular weight is 439 g/mol. The molecular formula is C23H19F2N3O4. The molecule has 0 saturated heterocycles. The van der Waals surface area contributed by atoms with Crippen molar-refractivity contribution >= 4 is 5.78 Å². The van der Waals surface area contributed by atoms with E-state index in [2.05, 4.69) is 24.4 Å². The number of fused-ring (bicyclic) bond motifs is 1. The van der Waals surface area contributed by atoms with E-state index in [1.807, 2.05) is 19.1 Å². The number of nitrogens with zero attached hydrogens (tertiary/aromatic N) is 3. The predicted octanol–water partition coefficient (Wildman–Crippen LogP) is 4.02. The van der Waals surface area contributed by atoms with E-state index in [9.17, 15) is 13.6 Å². The minimum absolute atomic E-state index is 0.0172. The van der Waals surface area contributed by atoms with Gasteiger partial charge in [-0.05, 0) is 49.1 Å². The number of ketones is 1. The maximum Gasteiger partial charge on any atom is 0.586 e. The molecule has 0 atom stereocenters. The topological polar surface area (TPSA) is 83.4 Å². The van der Waals surface area contributed by atoms with Crippen LogP contribution in [0.5, 0.6) is 17.5 Å². The summed E-state index contributed by atoms with van der Waals surface area (Å²) in [6.07, 6.45) is 0.971. The second-order valence-corrected chi connectivity index (χ2v) is 7.94. The van der Waals surface area contributed by atoms with Gasteiger partial charge in [-0.1, -0.05) is 12.1 Å². The molecule has 0 N–H and O–H groups in total. The molecule has 0 amide bonds. The summed E-state index contributed by atoms with van der Waals surface area (Å²) in [6, 6.07) is 8.52. The molecule has 1 aromatic carbocycles. The molecule has 9 heteroatoms. The van der Waals surface area contributed by atoms with Crippen LogP contribution in [0.4, 0.5) is 8.78 Å². The van der Waals surface area contributed by atoms with Gasteiger partial charge in [-0.3, -0.25) is 9.78 Å². The van der Waals surface area contributed by atoms with Crippen molar-refractivity contribution in [1.29, 1.82) is 0 Å². The van der Waals surface area contributed by atoms with Crippen molar-refractivity contribution in [1.82, 2.24) is 15.0 Å². The number of aryl methyl sites for hydroxylation is 1. The first-order valence-electron chi connectivity index (χ1n) is 10.1. The fraction of sp³-hybridized carbons (Fsp3) is 0.304. The fourth-order valence-electron chi connectivity index (χ4n) is 3.94. The van der Waals surface area contributed by atoms with Gasteiger partial charge in [0.05, 0.1) is 18.2 Å². The zero-order chi connectivity index (χ0) is 22.5. The van der Waals surface area contributed by atoms with Gasteiger partial charge < -0.3 is 14.2 Å². The van der Waals surface area contributed by atoms with E-state index in [-0.39, 0.29) is 29.7 Å². The van der Waals surface area contributed by atoms with Crippen molar-refractivity contribution in [3.05, 3.63) is 59.5 Å². The zero-order valence-electron chi connectivity index (χ0n) is 17.4. The lowest BCUT2D eigenvalue weighted by atomic mass is 9.88. The van der Waals surface area contributed by atoms with E-state index >= 15 is 0 Å². The third-order valence-electron chi connectivity index (χ3n) is 5.82. The summed E-state index contributed by atoms with van der Waals surface area (Å²) < 4.78 is 40.7. The Bertz CT molecular complexity index is 1210. The van der Waals surface area contributed by atoms with Gasteiger partial charge in [0.1, 0.15) is 5.78 Å². The summed E-state index contributed by atoms with van der Waals surface area (Å²) in [7, 11) is 1.49. The van der Waals surface area contributed by atoms with Gasteiger partial charge in [0.2, 0.25) is 0 Å². The van der Waals surface area contributed by atoms with Gasteiger partial charge >= 0.3 is 12.3 Å². The Morgan fingerprint density at radius 3 is 2.50 bits per heavy atom. The summed E-state index contributed by atoms with van der Waals surface area (Å²) in [5.74, 6) is -0.105. The standard InChI is InChI=1S/C23H19F2N3O4/c1-13-3-5-16(28-20(13)14-11-26-21(30-2)27-12-14)10-19(29)22(7-8-22)15-4-6-17-18(9-15)32-23(24,25)31-17/h3-6,9,11-12H,7-8,10H2,1-2H3. The van der Waals surface area contributed by atoms with E-state index in [4.69, 9.17) is 4.74 Å². The Hall–Kier alpha value is -3.62. The number of carbonyl (C=O) groups excluding carboxylic acids is 1. The van der Waals surface area contributed by atoms with E-state index in [1.54, 1.807) is 18.5 Å². The first-order chi connectivity index (χ1) is 15.3. The van der Waals surface area contributed by atoms with Gasteiger partial charge in [0.25, 0.3) is 0 Å². The summed E-state index contributed by atoms with van der Waals surface area (Å²) in [5.41, 5.74) is 2.88. The summed E-state index contributed by atoms with van der Waals surface area (Å²) >= 11 is 0. The lowest BCUT2D eigenvalue weighted by molar-refractivity contribution is -0.286. The molecule has 2 aliphatic rings. The van der Waals surface area contributed by atoms with E-state index in [0.29, 0.717) is 29.8 Å². The van der Waals surface area contributed by atoms with E-state index < -0.39 is 11.7 Å². The maximum absolute atomic E-state index is 13.3. The van der Waals surface area contributed by atoms with E-state index in [1.165, 1.54) is 19.2 Å². The molecule has 1 aliphatic heterocycles. The van der Waals surface area contributed by atoms with Crippen LogP contribution < -0.4 is 14.2 Å². The van der Waals surface area contributed by atoms with Crippen molar-refractivity contribution in [2.24, 2.45) is 0 Å². The number of aromatic nitrogens is 3. The predicted molar refractivity (Wildman–Crippen MR) is 109 cm³/mol. The molecule has 0 radical (unpaired) electrons. The Morgan fingerprint density at radius 2 is 1.81 bits per heavy atom. The minimum Gasteiger partial charge on any atom is -0.467 e. The molecule has 32 heavy (non-hydrogen) atoms. The number of halogens is 2. The number of ether oxygens (including phenoxy) is 3. The van der Waals surface area contributed by atoms with Gasteiger partial charge in [-0.15, -0.1) is 8.78 Å². The van der Waals surface area contributed by atoms with Gasteiger partial charge in [0.15, 0.2) is 11.5 Å². The number of Topliss-reactive ketones (excluding diaryl/α,β-unsaturated/α-hetero) is 1. The lowest BCUT2D eigenvalue weighted by Gasteiger charge is -2.15. The molecule has 1 aliphatic carbocycles.